The van der Waals surface area contributed by atoms with E-state index in [0.717, 1.165) is 19.4 Å². The van der Waals surface area contributed by atoms with E-state index in [4.69, 9.17) is 4.74 Å². The fourth-order valence-electron chi connectivity index (χ4n) is 2.03. The summed E-state index contributed by atoms with van der Waals surface area (Å²) < 4.78 is 21.0. The zero-order valence-corrected chi connectivity index (χ0v) is 14.8. The van der Waals surface area contributed by atoms with Crippen molar-refractivity contribution in [2.75, 3.05) is 6.54 Å². The van der Waals surface area contributed by atoms with Crippen LogP contribution in [0.4, 0.5) is 4.79 Å². The number of nitrogens with zero attached hydrogens (tertiary/aromatic N) is 2. The maximum absolute atomic E-state index is 12.1. The summed E-state index contributed by atoms with van der Waals surface area (Å²) in [6.45, 7) is 12.0. The largest absolute Gasteiger partial charge is 0.591 e. The molecule has 1 amide bonds. The molecule has 1 heterocycles. The number of amides is 1. The van der Waals surface area contributed by atoms with Gasteiger partial charge in [-0.05, 0) is 54.4 Å². The Bertz CT molecular complexity index is 385. The molecule has 1 saturated heterocycles. The first kappa shape index (κ1) is 18.3. The molecule has 5 nitrogen and oxygen atoms in total. The number of carbonyl (C=O) groups excluding carboxylic acids is 1. The predicted molar refractivity (Wildman–Crippen MR) is 87.0 cm³/mol. The zero-order chi connectivity index (χ0) is 16.3. The number of hydrogen-bond donors (Lipinski definition) is 0. The van der Waals surface area contributed by atoms with E-state index in [0.29, 0.717) is 6.42 Å². The molecule has 0 radical (unpaired) electrons. The third kappa shape index (κ3) is 6.26. The van der Waals surface area contributed by atoms with Gasteiger partial charge in [-0.2, -0.15) is 0 Å². The van der Waals surface area contributed by atoms with Gasteiger partial charge in [0.2, 0.25) is 0 Å². The van der Waals surface area contributed by atoms with Crippen LogP contribution in [0.3, 0.4) is 0 Å². The average molecular weight is 316 g/mol. The predicted octanol–water partition coefficient (Wildman–Crippen LogP) is 3.31. The second-order valence-corrected chi connectivity index (χ2v) is 9.29. The van der Waals surface area contributed by atoms with Gasteiger partial charge in [-0.25, -0.2) is 4.79 Å². The standard InChI is InChI=1S/C15H28N2O3S/c1-14(2,3)20-13(18)17-11-7-8-12(17)9-10-16-21(19)15(4,5)6/h10,12H,7-9,11H2,1-6H3/t12?,21-/m0/s1. The van der Waals surface area contributed by atoms with Gasteiger partial charge in [0.25, 0.3) is 0 Å². The van der Waals surface area contributed by atoms with Gasteiger partial charge in [0.1, 0.15) is 21.7 Å². The summed E-state index contributed by atoms with van der Waals surface area (Å²) in [5.41, 5.74) is -0.480. The second kappa shape index (κ2) is 7.01. The van der Waals surface area contributed by atoms with Gasteiger partial charge in [0, 0.05) is 19.0 Å². The number of likely N-dealkylation sites (tertiary alicyclic amines) is 1. The van der Waals surface area contributed by atoms with Crippen molar-refractivity contribution < 1.29 is 14.1 Å². The van der Waals surface area contributed by atoms with Crippen molar-refractivity contribution in [2.45, 2.75) is 77.2 Å². The Labute approximate surface area is 131 Å². The summed E-state index contributed by atoms with van der Waals surface area (Å²) in [6, 6.07) is 0.0977. The number of hydrogen-bond acceptors (Lipinski definition) is 4. The van der Waals surface area contributed by atoms with Gasteiger partial charge in [-0.3, -0.25) is 0 Å². The SMILES string of the molecule is CC(C)(C)OC(=O)N1CCCC1CC=N[S@@+]([O-])C(C)(C)C. The maximum Gasteiger partial charge on any atom is 0.410 e. The Hall–Kier alpha value is -0.750. The summed E-state index contributed by atoms with van der Waals surface area (Å²) in [5, 5.41) is 0. The normalized spacial score (nSPS) is 21.9. The highest BCUT2D eigenvalue weighted by Gasteiger charge is 2.32. The van der Waals surface area contributed by atoms with Crippen LogP contribution in [-0.4, -0.2) is 44.7 Å². The molecule has 0 N–H and O–H groups in total. The van der Waals surface area contributed by atoms with Crippen molar-refractivity contribution in [3.8, 4) is 0 Å². The molecule has 1 rings (SSSR count). The van der Waals surface area contributed by atoms with Gasteiger partial charge >= 0.3 is 6.09 Å². The van der Waals surface area contributed by atoms with Gasteiger partial charge in [0.05, 0.1) is 6.21 Å². The van der Waals surface area contributed by atoms with Crippen molar-refractivity contribution in [3.05, 3.63) is 0 Å². The highest BCUT2D eigenvalue weighted by Crippen LogP contribution is 2.23. The van der Waals surface area contributed by atoms with Gasteiger partial charge in [-0.1, -0.05) is 4.40 Å². The molecule has 0 aromatic rings. The molecule has 0 aromatic heterocycles. The van der Waals surface area contributed by atoms with Crippen LogP contribution in [0.25, 0.3) is 0 Å². The minimum absolute atomic E-state index is 0.0977. The Morgan fingerprint density at radius 3 is 2.52 bits per heavy atom. The van der Waals surface area contributed by atoms with E-state index in [9.17, 15) is 9.35 Å². The van der Waals surface area contributed by atoms with Gasteiger partial charge in [-0.15, -0.1) is 0 Å². The average Bonchev–Trinajstić information content (AvgIpc) is 2.73. The Morgan fingerprint density at radius 1 is 1.38 bits per heavy atom. The van der Waals surface area contributed by atoms with Crippen LogP contribution in [0.1, 0.15) is 60.8 Å². The highest BCUT2D eigenvalue weighted by atomic mass is 32.2. The molecule has 1 unspecified atom stereocenters. The molecular weight excluding hydrogens is 288 g/mol. The Kier molecular flexibility index (Phi) is 6.11. The molecule has 0 aliphatic carbocycles. The molecule has 1 fully saturated rings. The van der Waals surface area contributed by atoms with E-state index in [1.807, 2.05) is 41.5 Å². The molecule has 1 aliphatic rings. The quantitative estimate of drug-likeness (QED) is 0.592. The van der Waals surface area contributed by atoms with Crippen molar-refractivity contribution in [1.82, 2.24) is 4.90 Å². The molecule has 1 aliphatic heterocycles. The summed E-state index contributed by atoms with van der Waals surface area (Å²) in [7, 11) is 0. The monoisotopic (exact) mass is 316 g/mol. The first-order valence-electron chi connectivity index (χ1n) is 7.45. The minimum Gasteiger partial charge on any atom is -0.591 e. The molecule has 21 heavy (non-hydrogen) atoms. The van der Waals surface area contributed by atoms with E-state index in [-0.39, 0.29) is 16.9 Å². The summed E-state index contributed by atoms with van der Waals surface area (Å²) in [5.74, 6) is 0. The number of ether oxygens (including phenoxy) is 1. The lowest BCUT2D eigenvalue weighted by Gasteiger charge is -2.28. The highest BCUT2D eigenvalue weighted by molar-refractivity contribution is 7.91. The topological polar surface area (TPSA) is 65.0 Å². The fourth-order valence-corrected chi connectivity index (χ4v) is 2.57. The van der Waals surface area contributed by atoms with Crippen LogP contribution in [-0.2, 0) is 16.1 Å². The minimum atomic E-state index is -1.24. The first-order chi connectivity index (χ1) is 9.50. The molecule has 6 heteroatoms. The lowest BCUT2D eigenvalue weighted by molar-refractivity contribution is 0.0232. The summed E-state index contributed by atoms with van der Waals surface area (Å²) in [4.78, 5) is 13.9. The van der Waals surface area contributed by atoms with E-state index in [1.54, 1.807) is 11.1 Å². The third-order valence-corrected chi connectivity index (χ3v) is 4.47. The van der Waals surface area contributed by atoms with Crippen LogP contribution in [0.2, 0.25) is 0 Å². The maximum atomic E-state index is 12.1. The Balaban J connectivity index is 2.55. The molecule has 0 bridgehead atoms. The molecule has 0 spiro atoms. The van der Waals surface area contributed by atoms with E-state index < -0.39 is 17.0 Å². The smallest absolute Gasteiger partial charge is 0.410 e. The first-order valence-corrected chi connectivity index (χ1v) is 8.55. The molecule has 0 saturated carbocycles. The fraction of sp³-hybridized carbons (Fsp3) is 0.867. The second-order valence-electron chi connectivity index (χ2n) is 7.36. The zero-order valence-electron chi connectivity index (χ0n) is 14.0. The van der Waals surface area contributed by atoms with E-state index in [2.05, 4.69) is 4.40 Å². The van der Waals surface area contributed by atoms with E-state index in [1.165, 1.54) is 0 Å². The van der Waals surface area contributed by atoms with Crippen LogP contribution in [0, 0.1) is 0 Å². The molecular formula is C15H28N2O3S. The van der Waals surface area contributed by atoms with Crippen molar-refractivity contribution in [3.63, 3.8) is 0 Å². The van der Waals surface area contributed by atoms with Crippen molar-refractivity contribution in [1.29, 1.82) is 0 Å². The molecule has 2 atom stereocenters. The number of rotatable bonds is 3. The van der Waals surface area contributed by atoms with E-state index >= 15 is 0 Å². The number of carbonyl (C=O) groups is 1. The lowest BCUT2D eigenvalue weighted by Crippen LogP contribution is -2.40. The van der Waals surface area contributed by atoms with Gasteiger partial charge < -0.3 is 14.2 Å². The summed E-state index contributed by atoms with van der Waals surface area (Å²) in [6.07, 6.45) is 3.96. The van der Waals surface area contributed by atoms with Crippen LogP contribution >= 0.6 is 0 Å². The summed E-state index contributed by atoms with van der Waals surface area (Å²) >= 11 is -1.24. The molecule has 0 aromatic carbocycles. The lowest BCUT2D eigenvalue weighted by atomic mass is 10.1. The van der Waals surface area contributed by atoms with Crippen molar-refractivity contribution in [2.24, 2.45) is 4.40 Å². The van der Waals surface area contributed by atoms with Crippen LogP contribution in [0.5, 0.6) is 0 Å². The van der Waals surface area contributed by atoms with Crippen LogP contribution in [0.15, 0.2) is 4.40 Å². The third-order valence-electron chi connectivity index (χ3n) is 3.08. The van der Waals surface area contributed by atoms with Gasteiger partial charge in [0.15, 0.2) is 0 Å². The Morgan fingerprint density at radius 2 is 2.00 bits per heavy atom. The van der Waals surface area contributed by atoms with Crippen LogP contribution < -0.4 is 0 Å². The van der Waals surface area contributed by atoms with Crippen molar-refractivity contribution >= 4 is 23.7 Å². The molecule has 122 valence electrons.